The molecule has 0 saturated heterocycles. The molecule has 0 fully saturated rings. The molecule has 0 aliphatic carbocycles. The van der Waals surface area contributed by atoms with Crippen molar-refractivity contribution in [3.8, 4) is 0 Å². The van der Waals surface area contributed by atoms with Gasteiger partial charge >= 0.3 is 0 Å². The summed E-state index contributed by atoms with van der Waals surface area (Å²) in [5.74, 6) is 0. The summed E-state index contributed by atoms with van der Waals surface area (Å²) < 4.78 is 0.750. The molecule has 0 aromatic carbocycles. The lowest BCUT2D eigenvalue weighted by Crippen LogP contribution is -2.14. The van der Waals surface area contributed by atoms with Gasteiger partial charge in [0, 0.05) is 6.20 Å². The first-order chi connectivity index (χ1) is 3.80. The first kappa shape index (κ1) is 8.04. The first-order valence-corrected chi connectivity index (χ1v) is 2.22. The lowest BCUT2D eigenvalue weighted by Gasteiger charge is -1.90. The third-order valence-corrected chi connectivity index (χ3v) is 0.839. The maximum absolute atomic E-state index is 8.65. The van der Waals surface area contributed by atoms with Gasteiger partial charge in [-0.25, -0.2) is 0 Å². The zero-order chi connectivity index (χ0) is 5.98. The van der Waals surface area contributed by atoms with Crippen LogP contribution in [0.5, 0.6) is 0 Å². The fourth-order valence-corrected chi connectivity index (χ4v) is 0.435. The average molecular weight is 147 g/mol. The second kappa shape index (κ2) is 3.14. The van der Waals surface area contributed by atoms with E-state index in [1.165, 1.54) is 12.3 Å². The molecule has 1 aromatic heterocycles. The highest BCUT2D eigenvalue weighted by Gasteiger charge is 1.77. The van der Waals surface area contributed by atoms with Crippen molar-refractivity contribution in [1.82, 2.24) is 4.73 Å². The van der Waals surface area contributed by atoms with Crippen LogP contribution in [-0.4, -0.2) is 9.94 Å². The highest BCUT2D eigenvalue weighted by Crippen LogP contribution is 1.72. The van der Waals surface area contributed by atoms with Crippen LogP contribution in [0, 0.1) is 5.41 Å². The topological polar surface area (TPSA) is 49.0 Å². The summed E-state index contributed by atoms with van der Waals surface area (Å²) in [6.45, 7) is 0. The van der Waals surface area contributed by atoms with E-state index in [4.69, 9.17) is 10.6 Å². The highest BCUT2D eigenvalue weighted by atomic mass is 35.5. The Morgan fingerprint density at radius 3 is 2.44 bits per heavy atom. The standard InChI is InChI=1S/C5H6N2O.ClH/c6-5-3-1-2-4-7(5)8;/h1-4,6,8H;1H. The van der Waals surface area contributed by atoms with Crippen LogP contribution in [0.25, 0.3) is 0 Å². The number of nitrogens with one attached hydrogen (secondary N) is 1. The summed E-state index contributed by atoms with van der Waals surface area (Å²) >= 11 is 0. The second-order valence-electron chi connectivity index (χ2n) is 1.43. The predicted molar refractivity (Wildman–Crippen MR) is 34.7 cm³/mol. The van der Waals surface area contributed by atoms with Gasteiger partial charge in [0.2, 0.25) is 0 Å². The minimum absolute atomic E-state index is 0. The van der Waals surface area contributed by atoms with Gasteiger partial charge in [0.25, 0.3) is 0 Å². The van der Waals surface area contributed by atoms with Crippen molar-refractivity contribution in [2.45, 2.75) is 0 Å². The maximum atomic E-state index is 8.65. The van der Waals surface area contributed by atoms with Gasteiger partial charge in [0.05, 0.1) is 0 Å². The average Bonchev–Trinajstić information content (AvgIpc) is 1.77. The van der Waals surface area contributed by atoms with E-state index >= 15 is 0 Å². The lowest BCUT2D eigenvalue weighted by molar-refractivity contribution is 0.170. The minimum Gasteiger partial charge on any atom is -0.427 e. The molecule has 3 nitrogen and oxygen atoms in total. The molecule has 0 bridgehead atoms. The van der Waals surface area contributed by atoms with Crippen molar-refractivity contribution in [2.75, 3.05) is 0 Å². The second-order valence-corrected chi connectivity index (χ2v) is 1.43. The van der Waals surface area contributed by atoms with E-state index in [2.05, 4.69) is 0 Å². The predicted octanol–water partition coefficient (Wildman–Crippen LogP) is 0.627. The highest BCUT2D eigenvalue weighted by molar-refractivity contribution is 5.85. The van der Waals surface area contributed by atoms with Crippen molar-refractivity contribution in [3.63, 3.8) is 0 Å². The van der Waals surface area contributed by atoms with Crippen LogP contribution in [-0.2, 0) is 0 Å². The molecular formula is C5H7ClN2O. The first-order valence-electron chi connectivity index (χ1n) is 2.22. The molecule has 1 heterocycles. The van der Waals surface area contributed by atoms with E-state index in [0.717, 1.165) is 4.73 Å². The minimum atomic E-state index is 0. The SMILES string of the molecule is Cl.N=c1ccccn1O. The van der Waals surface area contributed by atoms with Gasteiger partial charge in [0.1, 0.15) is 0 Å². The van der Waals surface area contributed by atoms with E-state index < -0.39 is 0 Å². The molecule has 1 aromatic rings. The van der Waals surface area contributed by atoms with Gasteiger partial charge < -0.3 is 5.21 Å². The van der Waals surface area contributed by atoms with Crippen LogP contribution in [0.2, 0.25) is 0 Å². The summed E-state index contributed by atoms with van der Waals surface area (Å²) in [5.41, 5.74) is 0.0903. The largest absolute Gasteiger partial charge is 0.427 e. The molecule has 0 atom stereocenters. The van der Waals surface area contributed by atoms with Crippen LogP contribution in [0.1, 0.15) is 0 Å². The van der Waals surface area contributed by atoms with Crippen LogP contribution >= 0.6 is 12.4 Å². The molecule has 9 heavy (non-hydrogen) atoms. The number of hydrogen-bond donors (Lipinski definition) is 2. The van der Waals surface area contributed by atoms with Crippen molar-refractivity contribution in [2.24, 2.45) is 0 Å². The van der Waals surface area contributed by atoms with Gasteiger partial charge in [0.15, 0.2) is 5.49 Å². The van der Waals surface area contributed by atoms with Crippen molar-refractivity contribution >= 4 is 12.4 Å². The molecule has 2 N–H and O–H groups in total. The van der Waals surface area contributed by atoms with Gasteiger partial charge in [-0.1, -0.05) is 6.07 Å². The molecular weight excluding hydrogens is 140 g/mol. The Labute approximate surface area is 58.4 Å². The molecule has 0 unspecified atom stereocenters. The summed E-state index contributed by atoms with van der Waals surface area (Å²) in [6, 6.07) is 4.84. The Morgan fingerprint density at radius 2 is 2.11 bits per heavy atom. The molecule has 0 radical (unpaired) electrons. The van der Waals surface area contributed by atoms with Crippen LogP contribution in [0.3, 0.4) is 0 Å². The summed E-state index contributed by atoms with van der Waals surface area (Å²) in [6.07, 6.45) is 1.41. The van der Waals surface area contributed by atoms with Crippen LogP contribution in [0.15, 0.2) is 24.4 Å². The molecule has 0 aliphatic rings. The molecule has 50 valence electrons. The third kappa shape index (κ3) is 1.77. The summed E-state index contributed by atoms with van der Waals surface area (Å²) in [5, 5.41) is 15.6. The molecule has 4 heteroatoms. The number of pyridine rings is 1. The lowest BCUT2D eigenvalue weighted by atomic mass is 10.5. The zero-order valence-corrected chi connectivity index (χ0v) is 5.43. The van der Waals surface area contributed by atoms with Gasteiger partial charge in [-0.3, -0.25) is 5.41 Å². The third-order valence-electron chi connectivity index (χ3n) is 0.839. The Balaban J connectivity index is 0.000000640. The Hall–Kier alpha value is -0.960. The van der Waals surface area contributed by atoms with Gasteiger partial charge in [-0.2, -0.15) is 4.73 Å². The Bertz CT molecular complexity index is 232. The molecule has 0 spiro atoms. The van der Waals surface area contributed by atoms with Gasteiger partial charge in [-0.05, 0) is 12.1 Å². The molecule has 0 aliphatic heterocycles. The molecule has 0 amide bonds. The monoisotopic (exact) mass is 146 g/mol. The summed E-state index contributed by atoms with van der Waals surface area (Å²) in [7, 11) is 0. The van der Waals surface area contributed by atoms with E-state index in [9.17, 15) is 0 Å². The number of nitrogens with zero attached hydrogens (tertiary/aromatic N) is 1. The number of hydrogen-bond acceptors (Lipinski definition) is 2. The fourth-order valence-electron chi connectivity index (χ4n) is 0.435. The van der Waals surface area contributed by atoms with Crippen molar-refractivity contribution in [1.29, 1.82) is 5.41 Å². The number of rotatable bonds is 0. The van der Waals surface area contributed by atoms with Crippen molar-refractivity contribution in [3.05, 3.63) is 29.9 Å². The zero-order valence-electron chi connectivity index (χ0n) is 4.61. The van der Waals surface area contributed by atoms with E-state index in [-0.39, 0.29) is 17.9 Å². The van der Waals surface area contributed by atoms with Crippen LogP contribution < -0.4 is 5.49 Å². The number of aromatic nitrogens is 1. The van der Waals surface area contributed by atoms with E-state index in [1.54, 1.807) is 12.1 Å². The fraction of sp³-hybridized carbons (Fsp3) is 0. The smallest absolute Gasteiger partial charge is 0.160 e. The maximum Gasteiger partial charge on any atom is 0.160 e. The number of halogens is 1. The molecule has 1 rings (SSSR count). The van der Waals surface area contributed by atoms with E-state index in [0.29, 0.717) is 0 Å². The van der Waals surface area contributed by atoms with E-state index in [1.807, 2.05) is 0 Å². The van der Waals surface area contributed by atoms with Crippen LogP contribution in [0.4, 0.5) is 0 Å². The Morgan fingerprint density at radius 1 is 1.44 bits per heavy atom. The van der Waals surface area contributed by atoms with Gasteiger partial charge in [-0.15, -0.1) is 12.4 Å². The van der Waals surface area contributed by atoms with Crippen molar-refractivity contribution < 1.29 is 5.21 Å². The quantitative estimate of drug-likeness (QED) is 0.518. The molecule has 0 saturated carbocycles. The summed E-state index contributed by atoms with van der Waals surface area (Å²) in [4.78, 5) is 0. The Kier molecular flexibility index (Phi) is 2.81. The normalized spacial score (nSPS) is 8.00.